The van der Waals surface area contributed by atoms with Crippen molar-refractivity contribution in [1.82, 2.24) is 5.32 Å². The Kier molecular flexibility index (Phi) is 6.18. The molecular formula is C14H21NO3S. The van der Waals surface area contributed by atoms with Gasteiger partial charge in [-0.3, -0.25) is 4.79 Å². The van der Waals surface area contributed by atoms with Crippen molar-refractivity contribution in [1.29, 1.82) is 0 Å². The predicted molar refractivity (Wildman–Crippen MR) is 77.6 cm³/mol. The van der Waals surface area contributed by atoms with Gasteiger partial charge in [0.25, 0.3) is 0 Å². The lowest BCUT2D eigenvalue weighted by Crippen LogP contribution is -2.40. The zero-order valence-electron chi connectivity index (χ0n) is 11.6. The maximum Gasteiger partial charge on any atom is 0.230 e. The van der Waals surface area contributed by atoms with E-state index < -0.39 is 5.60 Å². The summed E-state index contributed by atoms with van der Waals surface area (Å²) in [6.45, 7) is 3.88. The van der Waals surface area contributed by atoms with E-state index >= 15 is 0 Å². The first-order valence-electron chi connectivity index (χ1n) is 6.23. The third kappa shape index (κ3) is 5.98. The SMILES string of the molecule is CCC(C)(O)CNC(=O)CSc1ccc(OC)cc1. The second-order valence-corrected chi connectivity index (χ2v) is 5.64. The maximum atomic E-state index is 11.6. The van der Waals surface area contributed by atoms with E-state index in [1.54, 1.807) is 14.0 Å². The highest BCUT2D eigenvalue weighted by Gasteiger charge is 2.18. The van der Waals surface area contributed by atoms with Gasteiger partial charge in [0.15, 0.2) is 0 Å². The number of hydrogen-bond donors (Lipinski definition) is 2. The van der Waals surface area contributed by atoms with Crippen LogP contribution in [0.2, 0.25) is 0 Å². The number of rotatable bonds is 7. The molecule has 1 atom stereocenters. The molecule has 0 aliphatic heterocycles. The fraction of sp³-hybridized carbons (Fsp3) is 0.500. The average molecular weight is 283 g/mol. The van der Waals surface area contributed by atoms with Crippen molar-refractivity contribution in [3.05, 3.63) is 24.3 Å². The van der Waals surface area contributed by atoms with E-state index in [-0.39, 0.29) is 12.5 Å². The monoisotopic (exact) mass is 283 g/mol. The highest BCUT2D eigenvalue weighted by molar-refractivity contribution is 8.00. The van der Waals surface area contributed by atoms with E-state index in [1.807, 2.05) is 31.2 Å². The van der Waals surface area contributed by atoms with Crippen LogP contribution in [0.25, 0.3) is 0 Å². The molecule has 1 aromatic rings. The summed E-state index contributed by atoms with van der Waals surface area (Å²) in [5.74, 6) is 1.06. The van der Waals surface area contributed by atoms with E-state index in [1.165, 1.54) is 11.8 Å². The average Bonchev–Trinajstić information content (AvgIpc) is 2.43. The lowest BCUT2D eigenvalue weighted by molar-refractivity contribution is -0.119. The number of aliphatic hydroxyl groups is 1. The van der Waals surface area contributed by atoms with Crippen LogP contribution < -0.4 is 10.1 Å². The minimum absolute atomic E-state index is 0.0745. The highest BCUT2D eigenvalue weighted by Crippen LogP contribution is 2.20. The minimum Gasteiger partial charge on any atom is -0.497 e. The zero-order chi connectivity index (χ0) is 14.3. The van der Waals surface area contributed by atoms with Gasteiger partial charge in [-0.25, -0.2) is 0 Å². The number of carbonyl (C=O) groups is 1. The van der Waals surface area contributed by atoms with Gasteiger partial charge in [0.1, 0.15) is 5.75 Å². The Morgan fingerprint density at radius 2 is 2.05 bits per heavy atom. The van der Waals surface area contributed by atoms with Crippen LogP contribution in [0.3, 0.4) is 0 Å². The largest absolute Gasteiger partial charge is 0.497 e. The molecule has 0 saturated heterocycles. The molecule has 0 spiro atoms. The summed E-state index contributed by atoms with van der Waals surface area (Å²) in [7, 11) is 1.62. The van der Waals surface area contributed by atoms with Crippen LogP contribution >= 0.6 is 11.8 Å². The molecule has 1 aromatic carbocycles. The molecular weight excluding hydrogens is 262 g/mol. The summed E-state index contributed by atoms with van der Waals surface area (Å²) in [6.07, 6.45) is 0.610. The number of benzene rings is 1. The highest BCUT2D eigenvalue weighted by atomic mass is 32.2. The molecule has 106 valence electrons. The summed E-state index contributed by atoms with van der Waals surface area (Å²) in [4.78, 5) is 12.6. The standard InChI is InChI=1S/C14H21NO3S/c1-4-14(2,17)10-15-13(16)9-19-12-7-5-11(18-3)6-8-12/h5-8,17H,4,9-10H2,1-3H3,(H,15,16). The molecule has 0 radical (unpaired) electrons. The van der Waals surface area contributed by atoms with Gasteiger partial charge in [0, 0.05) is 11.4 Å². The van der Waals surface area contributed by atoms with Crippen LogP contribution in [0.5, 0.6) is 5.75 Å². The number of nitrogens with one attached hydrogen (secondary N) is 1. The minimum atomic E-state index is -0.833. The molecule has 0 aliphatic carbocycles. The summed E-state index contributed by atoms with van der Waals surface area (Å²) in [6, 6.07) is 7.56. The van der Waals surface area contributed by atoms with Gasteiger partial charge in [0.2, 0.25) is 5.91 Å². The number of hydrogen-bond acceptors (Lipinski definition) is 4. The Morgan fingerprint density at radius 3 is 2.58 bits per heavy atom. The van der Waals surface area contributed by atoms with Gasteiger partial charge in [-0.1, -0.05) is 6.92 Å². The fourth-order valence-electron chi connectivity index (χ4n) is 1.29. The first kappa shape index (κ1) is 15.9. The summed E-state index contributed by atoms with van der Waals surface area (Å²) >= 11 is 1.46. The first-order valence-corrected chi connectivity index (χ1v) is 7.21. The molecule has 4 nitrogen and oxygen atoms in total. The second kappa shape index (κ2) is 7.40. The Labute approximate surface area is 118 Å². The van der Waals surface area contributed by atoms with E-state index in [2.05, 4.69) is 5.32 Å². The molecule has 0 aromatic heterocycles. The number of ether oxygens (including phenoxy) is 1. The van der Waals surface area contributed by atoms with E-state index in [0.29, 0.717) is 12.2 Å². The second-order valence-electron chi connectivity index (χ2n) is 4.59. The summed E-state index contributed by atoms with van der Waals surface area (Å²) < 4.78 is 5.07. The van der Waals surface area contributed by atoms with Crippen molar-refractivity contribution in [2.45, 2.75) is 30.8 Å². The molecule has 2 N–H and O–H groups in total. The van der Waals surface area contributed by atoms with Crippen LogP contribution in [0.15, 0.2) is 29.2 Å². The number of thioether (sulfide) groups is 1. The topological polar surface area (TPSA) is 58.6 Å². The van der Waals surface area contributed by atoms with Crippen LogP contribution in [0.1, 0.15) is 20.3 Å². The Balaban J connectivity index is 2.33. The Bertz CT molecular complexity index is 404. The smallest absolute Gasteiger partial charge is 0.230 e. The maximum absolute atomic E-state index is 11.6. The Hall–Kier alpha value is -1.20. The Morgan fingerprint density at radius 1 is 1.42 bits per heavy atom. The fourth-order valence-corrected chi connectivity index (χ4v) is 2.01. The normalized spacial score (nSPS) is 13.7. The van der Waals surface area contributed by atoms with Crippen LogP contribution in [-0.4, -0.2) is 36.0 Å². The van der Waals surface area contributed by atoms with Crippen LogP contribution in [0, 0.1) is 0 Å². The number of methoxy groups -OCH3 is 1. The summed E-state index contributed by atoms with van der Waals surface area (Å²) in [5, 5.41) is 12.5. The van der Waals surface area contributed by atoms with Crippen molar-refractivity contribution in [2.75, 3.05) is 19.4 Å². The number of carbonyl (C=O) groups excluding carboxylic acids is 1. The van der Waals surface area contributed by atoms with Crippen molar-refractivity contribution >= 4 is 17.7 Å². The molecule has 1 unspecified atom stereocenters. The molecule has 0 aliphatic rings. The molecule has 1 rings (SSSR count). The van der Waals surface area contributed by atoms with Gasteiger partial charge in [-0.05, 0) is 37.6 Å². The van der Waals surface area contributed by atoms with Crippen LogP contribution in [-0.2, 0) is 4.79 Å². The molecule has 0 fully saturated rings. The van der Waals surface area contributed by atoms with Crippen molar-refractivity contribution in [3.63, 3.8) is 0 Å². The molecule has 0 bridgehead atoms. The quantitative estimate of drug-likeness (QED) is 0.752. The van der Waals surface area contributed by atoms with Crippen molar-refractivity contribution in [2.24, 2.45) is 0 Å². The lowest BCUT2D eigenvalue weighted by atomic mass is 10.0. The van der Waals surface area contributed by atoms with E-state index in [0.717, 1.165) is 10.6 Å². The van der Waals surface area contributed by atoms with Gasteiger partial charge in [0.05, 0.1) is 18.5 Å². The zero-order valence-corrected chi connectivity index (χ0v) is 12.4. The molecule has 5 heteroatoms. The molecule has 19 heavy (non-hydrogen) atoms. The molecule has 1 amide bonds. The summed E-state index contributed by atoms with van der Waals surface area (Å²) in [5.41, 5.74) is -0.833. The predicted octanol–water partition coefficient (Wildman–Crippen LogP) is 2.06. The van der Waals surface area contributed by atoms with E-state index in [9.17, 15) is 9.90 Å². The molecule has 0 heterocycles. The van der Waals surface area contributed by atoms with Crippen molar-refractivity contribution in [3.8, 4) is 5.75 Å². The van der Waals surface area contributed by atoms with Gasteiger partial charge >= 0.3 is 0 Å². The van der Waals surface area contributed by atoms with Gasteiger partial charge in [-0.15, -0.1) is 11.8 Å². The van der Waals surface area contributed by atoms with Crippen LogP contribution in [0.4, 0.5) is 0 Å². The number of amides is 1. The van der Waals surface area contributed by atoms with E-state index in [4.69, 9.17) is 4.74 Å². The third-order valence-electron chi connectivity index (χ3n) is 2.86. The lowest BCUT2D eigenvalue weighted by Gasteiger charge is -2.21. The van der Waals surface area contributed by atoms with Gasteiger partial charge in [-0.2, -0.15) is 0 Å². The molecule has 0 saturated carbocycles. The van der Waals surface area contributed by atoms with Crippen molar-refractivity contribution < 1.29 is 14.6 Å². The van der Waals surface area contributed by atoms with Gasteiger partial charge < -0.3 is 15.2 Å². The first-order chi connectivity index (χ1) is 8.96. The third-order valence-corrected chi connectivity index (χ3v) is 3.87.